The first kappa shape index (κ1) is 17.4. The maximum absolute atomic E-state index is 12.4. The number of hydrogen-bond donors (Lipinski definition) is 1. The fourth-order valence-electron chi connectivity index (χ4n) is 3.19. The zero-order valence-electron chi connectivity index (χ0n) is 14.1. The predicted molar refractivity (Wildman–Crippen MR) is 90.9 cm³/mol. The van der Waals surface area contributed by atoms with E-state index in [2.05, 4.69) is 17.1 Å². The Labute approximate surface area is 138 Å². The molecule has 2 heterocycles. The summed E-state index contributed by atoms with van der Waals surface area (Å²) < 4.78 is 0. The lowest BCUT2D eigenvalue weighted by molar-refractivity contribution is -0.137. The molecule has 0 aliphatic carbocycles. The lowest BCUT2D eigenvalue weighted by atomic mass is 10.0. The van der Waals surface area contributed by atoms with Gasteiger partial charge < -0.3 is 15.1 Å². The Balaban J connectivity index is 1.90. The van der Waals surface area contributed by atoms with Crippen LogP contribution in [0.15, 0.2) is 0 Å². The van der Waals surface area contributed by atoms with Gasteiger partial charge in [-0.2, -0.15) is 0 Å². The highest BCUT2D eigenvalue weighted by atomic mass is 32.2. The highest BCUT2D eigenvalue weighted by molar-refractivity contribution is 8.00. The van der Waals surface area contributed by atoms with E-state index < -0.39 is 0 Å². The van der Waals surface area contributed by atoms with Gasteiger partial charge in [0.05, 0.1) is 4.87 Å². The van der Waals surface area contributed by atoms with E-state index >= 15 is 0 Å². The molecule has 3 amide bonds. The minimum atomic E-state index is -0.0679. The number of rotatable bonds is 4. The summed E-state index contributed by atoms with van der Waals surface area (Å²) >= 11 is 1.90. The van der Waals surface area contributed by atoms with Gasteiger partial charge >= 0.3 is 6.03 Å². The smallest absolute Gasteiger partial charge is 0.317 e. The number of hydrogen-bond acceptors (Lipinski definition) is 3. The summed E-state index contributed by atoms with van der Waals surface area (Å²) in [5.41, 5.74) is 0. The molecule has 0 unspecified atom stereocenters. The molecule has 5 nitrogen and oxygen atoms in total. The van der Waals surface area contributed by atoms with Crippen LogP contribution >= 0.6 is 11.8 Å². The van der Waals surface area contributed by atoms with Gasteiger partial charge in [-0.05, 0) is 19.3 Å². The molecule has 0 aromatic rings. The number of nitrogens with zero attached hydrogens (tertiary/aromatic N) is 2. The molecule has 1 spiro atoms. The van der Waals surface area contributed by atoms with Crippen LogP contribution in [0.4, 0.5) is 4.79 Å². The maximum atomic E-state index is 12.4. The zero-order valence-corrected chi connectivity index (χ0v) is 14.9. The molecule has 2 aliphatic rings. The van der Waals surface area contributed by atoms with E-state index in [1.54, 1.807) is 0 Å². The second-order valence-corrected chi connectivity index (χ2v) is 7.97. The SMILES string of the molecule is CCCCNC(=O)N1CCC2(CC1)SCCN2C(=O)C(C)C. The van der Waals surface area contributed by atoms with E-state index in [0.29, 0.717) is 0 Å². The average Bonchev–Trinajstić information content (AvgIpc) is 2.90. The Kier molecular flexibility index (Phi) is 6.01. The van der Waals surface area contributed by atoms with Crippen molar-refractivity contribution in [3.05, 3.63) is 0 Å². The third-order valence-electron chi connectivity index (χ3n) is 4.58. The monoisotopic (exact) mass is 327 g/mol. The Hall–Kier alpha value is -0.910. The van der Waals surface area contributed by atoms with E-state index in [4.69, 9.17) is 0 Å². The van der Waals surface area contributed by atoms with Crippen molar-refractivity contribution in [3.8, 4) is 0 Å². The molecular formula is C16H29N3O2S. The van der Waals surface area contributed by atoms with Crippen LogP contribution in [0.1, 0.15) is 46.5 Å². The van der Waals surface area contributed by atoms with E-state index in [-0.39, 0.29) is 22.7 Å². The van der Waals surface area contributed by atoms with E-state index in [1.165, 1.54) is 0 Å². The van der Waals surface area contributed by atoms with Gasteiger partial charge in [0.2, 0.25) is 5.91 Å². The van der Waals surface area contributed by atoms with Crippen LogP contribution < -0.4 is 5.32 Å². The van der Waals surface area contributed by atoms with Gasteiger partial charge in [-0.1, -0.05) is 27.2 Å². The predicted octanol–water partition coefficient (Wildman–Crippen LogP) is 2.52. The first-order valence-electron chi connectivity index (χ1n) is 8.48. The number of likely N-dealkylation sites (tertiary alicyclic amines) is 1. The van der Waals surface area contributed by atoms with Crippen molar-refractivity contribution in [2.45, 2.75) is 51.3 Å². The Bertz CT molecular complexity index is 406. The molecule has 22 heavy (non-hydrogen) atoms. The maximum Gasteiger partial charge on any atom is 0.317 e. The number of unbranched alkanes of at least 4 members (excludes halogenated alkanes) is 1. The number of urea groups is 1. The molecule has 2 rings (SSSR count). The Morgan fingerprint density at radius 3 is 2.50 bits per heavy atom. The van der Waals surface area contributed by atoms with Crippen molar-refractivity contribution in [3.63, 3.8) is 0 Å². The van der Waals surface area contributed by atoms with Gasteiger partial charge in [0.15, 0.2) is 0 Å². The zero-order chi connectivity index (χ0) is 16.2. The summed E-state index contributed by atoms with van der Waals surface area (Å²) in [4.78, 5) is 28.5. The van der Waals surface area contributed by atoms with Gasteiger partial charge in [-0.3, -0.25) is 4.79 Å². The van der Waals surface area contributed by atoms with Crippen molar-refractivity contribution in [1.82, 2.24) is 15.1 Å². The summed E-state index contributed by atoms with van der Waals surface area (Å²) in [6.07, 6.45) is 3.89. The highest BCUT2D eigenvalue weighted by Gasteiger charge is 2.47. The molecule has 0 aromatic carbocycles. The quantitative estimate of drug-likeness (QED) is 0.807. The van der Waals surface area contributed by atoms with Crippen molar-refractivity contribution >= 4 is 23.7 Å². The van der Waals surface area contributed by atoms with Crippen LogP contribution in [0.25, 0.3) is 0 Å². The molecule has 0 aromatic heterocycles. The number of thioether (sulfide) groups is 1. The molecule has 0 saturated carbocycles. The third-order valence-corrected chi connectivity index (χ3v) is 6.13. The number of piperidine rings is 1. The molecule has 126 valence electrons. The second-order valence-electron chi connectivity index (χ2n) is 6.51. The van der Waals surface area contributed by atoms with Crippen LogP contribution in [0, 0.1) is 5.92 Å². The van der Waals surface area contributed by atoms with Gasteiger partial charge in [-0.25, -0.2) is 4.79 Å². The minimum absolute atomic E-state index is 0.0472. The third kappa shape index (κ3) is 3.70. The fourth-order valence-corrected chi connectivity index (χ4v) is 4.65. The normalized spacial score (nSPS) is 20.7. The van der Waals surface area contributed by atoms with Crippen molar-refractivity contribution in [1.29, 1.82) is 0 Å². The lowest BCUT2D eigenvalue weighted by Crippen LogP contribution is -2.55. The Morgan fingerprint density at radius 2 is 1.91 bits per heavy atom. The first-order valence-corrected chi connectivity index (χ1v) is 9.47. The number of nitrogens with one attached hydrogen (secondary N) is 1. The van der Waals surface area contributed by atoms with Crippen molar-refractivity contribution in [2.75, 3.05) is 31.9 Å². The summed E-state index contributed by atoms with van der Waals surface area (Å²) in [5.74, 6) is 1.32. The molecule has 1 N–H and O–H groups in total. The molecule has 0 bridgehead atoms. The van der Waals surface area contributed by atoms with Crippen LogP contribution in [-0.2, 0) is 4.79 Å². The summed E-state index contributed by atoms with van der Waals surface area (Å²) in [5, 5.41) is 2.98. The topological polar surface area (TPSA) is 52.7 Å². The standard InChI is InChI=1S/C16H29N3O2S/c1-4-5-8-17-15(21)18-9-6-16(7-10-18)19(11-12-22-16)14(20)13(2)3/h13H,4-12H2,1-3H3,(H,17,21). The molecular weight excluding hydrogens is 298 g/mol. The van der Waals surface area contributed by atoms with Crippen molar-refractivity contribution < 1.29 is 9.59 Å². The summed E-state index contributed by atoms with van der Waals surface area (Å²) in [7, 11) is 0. The molecule has 2 aliphatic heterocycles. The molecule has 2 fully saturated rings. The fraction of sp³-hybridized carbons (Fsp3) is 0.875. The lowest BCUT2D eigenvalue weighted by Gasteiger charge is -2.44. The van der Waals surface area contributed by atoms with Gasteiger partial charge in [0, 0.05) is 37.8 Å². The van der Waals surface area contributed by atoms with Gasteiger partial charge in [-0.15, -0.1) is 11.8 Å². The van der Waals surface area contributed by atoms with Crippen LogP contribution in [0.2, 0.25) is 0 Å². The van der Waals surface area contributed by atoms with Crippen LogP contribution in [0.3, 0.4) is 0 Å². The number of carbonyl (C=O) groups is 2. The molecule has 2 saturated heterocycles. The van der Waals surface area contributed by atoms with Gasteiger partial charge in [0.25, 0.3) is 0 Å². The second kappa shape index (κ2) is 7.57. The van der Waals surface area contributed by atoms with E-state index in [0.717, 1.165) is 57.6 Å². The number of carbonyl (C=O) groups excluding carboxylic acids is 2. The Morgan fingerprint density at radius 1 is 1.23 bits per heavy atom. The van der Waals surface area contributed by atoms with Crippen molar-refractivity contribution in [2.24, 2.45) is 5.92 Å². The van der Waals surface area contributed by atoms with Crippen LogP contribution in [-0.4, -0.2) is 58.5 Å². The average molecular weight is 327 g/mol. The highest BCUT2D eigenvalue weighted by Crippen LogP contribution is 2.44. The van der Waals surface area contributed by atoms with E-state index in [1.807, 2.05) is 30.5 Å². The van der Waals surface area contributed by atoms with Crippen LogP contribution in [0.5, 0.6) is 0 Å². The molecule has 0 radical (unpaired) electrons. The summed E-state index contributed by atoms with van der Waals surface area (Å²) in [6.45, 7) is 9.15. The van der Waals surface area contributed by atoms with E-state index in [9.17, 15) is 9.59 Å². The van der Waals surface area contributed by atoms with Gasteiger partial charge in [0.1, 0.15) is 0 Å². The molecule has 0 atom stereocenters. The number of amides is 3. The minimum Gasteiger partial charge on any atom is -0.338 e. The largest absolute Gasteiger partial charge is 0.338 e. The first-order chi connectivity index (χ1) is 10.5. The molecule has 6 heteroatoms. The summed E-state index contributed by atoms with van der Waals surface area (Å²) in [6, 6.07) is 0.0491.